The van der Waals surface area contributed by atoms with Gasteiger partial charge in [0.05, 0.1) is 18.6 Å². The molecule has 4 aliphatic rings. The SMILES string of the molecule is CC(C)N1CC=C[C@]23O[C@@H]4C=CCCOC(=O)[C@@H]4[C@H]2C(=O)N(CCCCO)C3C1=O. The molecule has 1 unspecified atom stereocenters. The Kier molecular flexibility index (Phi) is 5.72. The van der Waals surface area contributed by atoms with Crippen molar-refractivity contribution in [3.8, 4) is 0 Å². The molecule has 164 valence electrons. The number of esters is 1. The first-order valence-corrected chi connectivity index (χ1v) is 10.8. The number of hydrogen-bond acceptors (Lipinski definition) is 6. The molecule has 2 fully saturated rings. The number of hydrogen-bond donors (Lipinski definition) is 1. The molecule has 1 spiro atoms. The lowest BCUT2D eigenvalue weighted by Crippen LogP contribution is -2.56. The Bertz CT molecular complexity index is 778. The summed E-state index contributed by atoms with van der Waals surface area (Å²) in [6.45, 7) is 4.94. The molecule has 1 N–H and O–H groups in total. The van der Waals surface area contributed by atoms with Gasteiger partial charge < -0.3 is 24.4 Å². The topological polar surface area (TPSA) is 96.4 Å². The second-order valence-corrected chi connectivity index (χ2v) is 8.68. The normalized spacial score (nSPS) is 35.7. The van der Waals surface area contributed by atoms with Crippen LogP contribution in [0.3, 0.4) is 0 Å². The number of amides is 2. The fraction of sp³-hybridized carbons (Fsp3) is 0.682. The molecule has 5 atom stereocenters. The number of nitrogens with zero attached hydrogens (tertiary/aromatic N) is 2. The molecular formula is C22H30N2O6. The smallest absolute Gasteiger partial charge is 0.312 e. The molecule has 8 heteroatoms. The summed E-state index contributed by atoms with van der Waals surface area (Å²) in [4.78, 5) is 43.4. The van der Waals surface area contributed by atoms with E-state index in [1.807, 2.05) is 38.2 Å². The molecule has 0 saturated carbocycles. The lowest BCUT2D eigenvalue weighted by molar-refractivity contribution is -0.155. The van der Waals surface area contributed by atoms with E-state index < -0.39 is 35.6 Å². The Balaban J connectivity index is 1.79. The van der Waals surface area contributed by atoms with Gasteiger partial charge in [0.25, 0.3) is 0 Å². The van der Waals surface area contributed by atoms with Crippen LogP contribution in [0.5, 0.6) is 0 Å². The third-order valence-corrected chi connectivity index (χ3v) is 6.58. The number of carbonyl (C=O) groups excluding carboxylic acids is 3. The van der Waals surface area contributed by atoms with Gasteiger partial charge in [-0.05, 0) is 33.1 Å². The van der Waals surface area contributed by atoms with Crippen LogP contribution >= 0.6 is 0 Å². The van der Waals surface area contributed by atoms with Crippen LogP contribution in [0.25, 0.3) is 0 Å². The maximum absolute atomic E-state index is 13.6. The Hall–Kier alpha value is -2.19. The summed E-state index contributed by atoms with van der Waals surface area (Å²) < 4.78 is 11.8. The van der Waals surface area contributed by atoms with Crippen molar-refractivity contribution in [1.29, 1.82) is 0 Å². The van der Waals surface area contributed by atoms with Gasteiger partial charge in [0.1, 0.15) is 17.6 Å². The van der Waals surface area contributed by atoms with E-state index in [-0.39, 0.29) is 31.1 Å². The Morgan fingerprint density at radius 1 is 1.20 bits per heavy atom. The van der Waals surface area contributed by atoms with Crippen LogP contribution in [0.1, 0.15) is 33.1 Å². The van der Waals surface area contributed by atoms with Crippen molar-refractivity contribution in [2.24, 2.45) is 11.8 Å². The van der Waals surface area contributed by atoms with E-state index in [1.165, 1.54) is 0 Å². The molecule has 2 saturated heterocycles. The highest BCUT2D eigenvalue weighted by molar-refractivity contribution is 5.99. The van der Waals surface area contributed by atoms with Gasteiger partial charge in [-0.3, -0.25) is 14.4 Å². The summed E-state index contributed by atoms with van der Waals surface area (Å²) in [5, 5.41) is 9.17. The third kappa shape index (κ3) is 3.17. The predicted molar refractivity (Wildman–Crippen MR) is 107 cm³/mol. The summed E-state index contributed by atoms with van der Waals surface area (Å²) >= 11 is 0. The van der Waals surface area contributed by atoms with Crippen LogP contribution in [0.2, 0.25) is 0 Å². The van der Waals surface area contributed by atoms with Crippen molar-refractivity contribution in [1.82, 2.24) is 9.80 Å². The number of aliphatic hydroxyl groups is 1. The Morgan fingerprint density at radius 2 is 2.00 bits per heavy atom. The van der Waals surface area contributed by atoms with Gasteiger partial charge in [-0.25, -0.2) is 0 Å². The molecule has 2 amide bonds. The van der Waals surface area contributed by atoms with E-state index in [0.29, 0.717) is 32.4 Å². The predicted octanol–water partition coefficient (Wildman–Crippen LogP) is 0.650. The zero-order chi connectivity index (χ0) is 21.5. The zero-order valence-electron chi connectivity index (χ0n) is 17.5. The highest BCUT2D eigenvalue weighted by atomic mass is 16.6. The number of fused-ring (bicyclic) bond motifs is 2. The highest BCUT2D eigenvalue weighted by Crippen LogP contribution is 2.53. The average molecular weight is 418 g/mol. The van der Waals surface area contributed by atoms with Gasteiger partial charge in [0, 0.05) is 25.7 Å². The molecule has 0 aromatic heterocycles. The lowest BCUT2D eigenvalue weighted by atomic mass is 9.77. The van der Waals surface area contributed by atoms with Gasteiger partial charge >= 0.3 is 5.97 Å². The summed E-state index contributed by atoms with van der Waals surface area (Å²) in [7, 11) is 0. The molecule has 0 aromatic carbocycles. The second-order valence-electron chi connectivity index (χ2n) is 8.68. The first-order valence-electron chi connectivity index (χ1n) is 10.8. The molecular weight excluding hydrogens is 388 g/mol. The summed E-state index contributed by atoms with van der Waals surface area (Å²) in [5.41, 5.74) is -1.19. The molecule has 0 radical (unpaired) electrons. The van der Waals surface area contributed by atoms with E-state index >= 15 is 0 Å². The van der Waals surface area contributed by atoms with Crippen molar-refractivity contribution in [3.63, 3.8) is 0 Å². The molecule has 30 heavy (non-hydrogen) atoms. The molecule has 4 rings (SSSR count). The first kappa shape index (κ1) is 21.1. The van der Waals surface area contributed by atoms with Gasteiger partial charge in [-0.1, -0.05) is 24.3 Å². The van der Waals surface area contributed by atoms with Crippen LogP contribution in [0, 0.1) is 11.8 Å². The number of unbranched alkanes of at least 4 members (excludes halogenated alkanes) is 1. The minimum Gasteiger partial charge on any atom is -0.465 e. The fourth-order valence-corrected chi connectivity index (χ4v) is 5.22. The van der Waals surface area contributed by atoms with Crippen LogP contribution in [0.15, 0.2) is 24.3 Å². The van der Waals surface area contributed by atoms with Gasteiger partial charge in [0.15, 0.2) is 0 Å². The Morgan fingerprint density at radius 3 is 2.73 bits per heavy atom. The molecule has 0 bridgehead atoms. The molecule has 0 aliphatic carbocycles. The monoisotopic (exact) mass is 418 g/mol. The van der Waals surface area contributed by atoms with E-state index in [9.17, 15) is 19.5 Å². The van der Waals surface area contributed by atoms with Gasteiger partial charge in [-0.2, -0.15) is 0 Å². The summed E-state index contributed by atoms with van der Waals surface area (Å²) in [6, 6.07) is -0.866. The molecule has 4 aliphatic heterocycles. The van der Waals surface area contributed by atoms with E-state index in [2.05, 4.69) is 0 Å². The highest BCUT2D eigenvalue weighted by Gasteiger charge is 2.71. The summed E-state index contributed by atoms with van der Waals surface area (Å²) in [5.74, 6) is -2.44. The average Bonchev–Trinajstić information content (AvgIpc) is 3.06. The van der Waals surface area contributed by atoms with Gasteiger partial charge in [-0.15, -0.1) is 0 Å². The van der Waals surface area contributed by atoms with E-state index in [0.717, 1.165) is 0 Å². The van der Waals surface area contributed by atoms with E-state index in [1.54, 1.807) is 9.80 Å². The number of ether oxygens (including phenoxy) is 2. The Labute approximate surface area is 176 Å². The quantitative estimate of drug-likeness (QED) is 0.400. The number of likely N-dealkylation sites (tertiary alicyclic amines) is 1. The van der Waals surface area contributed by atoms with Crippen molar-refractivity contribution >= 4 is 17.8 Å². The molecule has 0 aromatic rings. The van der Waals surface area contributed by atoms with Crippen molar-refractivity contribution in [2.75, 3.05) is 26.3 Å². The third-order valence-electron chi connectivity index (χ3n) is 6.58. The molecule has 8 nitrogen and oxygen atoms in total. The first-order chi connectivity index (χ1) is 14.4. The fourth-order valence-electron chi connectivity index (χ4n) is 5.22. The number of cyclic esters (lactones) is 1. The minimum atomic E-state index is -1.19. The molecule has 4 heterocycles. The maximum atomic E-state index is 13.6. The number of rotatable bonds is 5. The zero-order valence-corrected chi connectivity index (χ0v) is 17.5. The van der Waals surface area contributed by atoms with E-state index in [4.69, 9.17) is 9.47 Å². The van der Waals surface area contributed by atoms with Crippen molar-refractivity contribution < 1.29 is 29.0 Å². The van der Waals surface area contributed by atoms with Gasteiger partial charge in [0.2, 0.25) is 11.8 Å². The standard InChI is InChI=1S/C22H30N2O6/c1-14(2)23-11-7-9-22-17(16-15(30-22)8-3-6-13-29-21(16)28)19(26)24(10-4-5-12-25)18(22)20(23)27/h3,7-9,14-18,25H,4-6,10-13H2,1-2H3/t15-,16+,17+,18?,22+/m1/s1. The second kappa shape index (κ2) is 8.15. The largest absolute Gasteiger partial charge is 0.465 e. The number of aliphatic hydroxyl groups excluding tert-OH is 1. The van der Waals surface area contributed by atoms with Crippen LogP contribution < -0.4 is 0 Å². The van der Waals surface area contributed by atoms with Crippen LogP contribution in [-0.2, 0) is 23.9 Å². The minimum absolute atomic E-state index is 0.0194. The number of carbonyl (C=O) groups is 3. The van der Waals surface area contributed by atoms with Crippen LogP contribution in [-0.4, -0.2) is 82.8 Å². The van der Waals surface area contributed by atoms with Crippen LogP contribution in [0.4, 0.5) is 0 Å². The van der Waals surface area contributed by atoms with Crippen molar-refractivity contribution in [2.45, 2.75) is 56.9 Å². The van der Waals surface area contributed by atoms with Crippen molar-refractivity contribution in [3.05, 3.63) is 24.3 Å². The lowest BCUT2D eigenvalue weighted by Gasteiger charge is -2.36. The maximum Gasteiger partial charge on any atom is 0.312 e. The summed E-state index contributed by atoms with van der Waals surface area (Å²) in [6.07, 6.45) is 8.54.